The van der Waals surface area contributed by atoms with Gasteiger partial charge in [-0.3, -0.25) is 10.1 Å². The van der Waals surface area contributed by atoms with E-state index < -0.39 is 10.0 Å². The molecule has 1 aromatic heterocycles. The Morgan fingerprint density at radius 1 is 1.20 bits per heavy atom. The maximum atomic E-state index is 12.0. The average Bonchev–Trinajstić information content (AvgIpc) is 2.93. The Morgan fingerprint density at radius 2 is 1.76 bits per heavy atom. The maximum absolute atomic E-state index is 12.0. The van der Waals surface area contributed by atoms with Gasteiger partial charge in [-0.05, 0) is 56.3 Å². The van der Waals surface area contributed by atoms with Gasteiger partial charge in [-0.2, -0.15) is 4.31 Å². The van der Waals surface area contributed by atoms with Crippen molar-refractivity contribution in [3.8, 4) is 0 Å². The molecule has 1 aromatic rings. The molecule has 1 N–H and O–H groups in total. The van der Waals surface area contributed by atoms with Crippen LogP contribution in [-0.2, 0) is 20.2 Å². The molecule has 4 aliphatic rings. The van der Waals surface area contributed by atoms with E-state index in [9.17, 15) is 13.2 Å². The number of nitrogens with zero attached hydrogens (tertiary/aromatic N) is 3. The van der Waals surface area contributed by atoms with Crippen molar-refractivity contribution in [1.82, 2.24) is 14.5 Å². The summed E-state index contributed by atoms with van der Waals surface area (Å²) < 4.78 is 23.8. The Morgan fingerprint density at radius 3 is 2.28 bits per heavy atom. The fourth-order valence-corrected chi connectivity index (χ4v) is 6.67. The molecule has 138 valence electrons. The van der Waals surface area contributed by atoms with E-state index in [0.29, 0.717) is 5.13 Å². The normalized spacial score (nSPS) is 33.8. The lowest BCUT2D eigenvalue weighted by Crippen LogP contribution is -2.48. The molecular weight excluding hydrogens is 360 g/mol. The molecule has 1 heterocycles. The summed E-state index contributed by atoms with van der Waals surface area (Å²) in [7, 11) is -1.99. The third-order valence-electron chi connectivity index (χ3n) is 6.10. The molecule has 9 heteroatoms. The number of sulfonamides is 1. The van der Waals surface area contributed by atoms with Gasteiger partial charge in [0.2, 0.25) is 21.1 Å². The van der Waals surface area contributed by atoms with Gasteiger partial charge < -0.3 is 0 Å². The number of rotatable bonds is 5. The van der Waals surface area contributed by atoms with Crippen molar-refractivity contribution in [1.29, 1.82) is 0 Å². The summed E-state index contributed by atoms with van der Waals surface area (Å²) in [6, 6.07) is 0. The molecule has 4 fully saturated rings. The van der Waals surface area contributed by atoms with Crippen LogP contribution in [0.15, 0.2) is 0 Å². The lowest BCUT2D eigenvalue weighted by molar-refractivity contribution is -0.116. The molecule has 0 atom stereocenters. The van der Waals surface area contributed by atoms with Crippen molar-refractivity contribution in [3.63, 3.8) is 0 Å². The van der Waals surface area contributed by atoms with Crippen LogP contribution in [0.2, 0.25) is 0 Å². The van der Waals surface area contributed by atoms with Crippen LogP contribution in [0, 0.1) is 17.8 Å². The van der Waals surface area contributed by atoms with Gasteiger partial charge in [-0.15, -0.1) is 10.2 Å². The third-order valence-corrected chi connectivity index (χ3v) is 8.44. The highest BCUT2D eigenvalue weighted by atomic mass is 32.2. The molecule has 25 heavy (non-hydrogen) atoms. The van der Waals surface area contributed by atoms with Crippen molar-refractivity contribution in [2.45, 2.75) is 43.9 Å². The molecule has 7 nitrogen and oxygen atoms in total. The number of hydrogen-bond acceptors (Lipinski definition) is 6. The number of nitrogens with one attached hydrogen (secondary N) is 1. The summed E-state index contributed by atoms with van der Waals surface area (Å²) >= 11 is 1.46. The van der Waals surface area contributed by atoms with E-state index in [-0.39, 0.29) is 17.9 Å². The maximum Gasteiger partial charge on any atom is 0.241 e. The summed E-state index contributed by atoms with van der Waals surface area (Å²) in [5.74, 6) is 2.10. The SMILES string of the molecule is CN(CC(=O)Nc1nnc(C23CC4CC(CC(C4)C2)C3)s1)S(C)(=O)=O. The van der Waals surface area contributed by atoms with Crippen LogP contribution in [0.5, 0.6) is 0 Å². The summed E-state index contributed by atoms with van der Waals surface area (Å²) in [6.07, 6.45) is 8.82. The van der Waals surface area contributed by atoms with E-state index in [0.717, 1.165) is 33.3 Å². The Balaban J connectivity index is 1.45. The molecule has 1 amide bonds. The molecule has 4 saturated carbocycles. The molecule has 0 aliphatic heterocycles. The second kappa shape index (κ2) is 5.99. The average molecular weight is 385 g/mol. The van der Waals surface area contributed by atoms with Crippen LogP contribution in [0.25, 0.3) is 0 Å². The molecule has 4 bridgehead atoms. The second-order valence-corrected chi connectivity index (χ2v) is 11.2. The summed E-state index contributed by atoms with van der Waals surface area (Å²) in [4.78, 5) is 12.0. The minimum atomic E-state index is -3.38. The van der Waals surface area contributed by atoms with Crippen LogP contribution in [0.4, 0.5) is 5.13 Å². The fourth-order valence-electron chi connectivity index (χ4n) is 5.34. The number of carbonyl (C=O) groups excluding carboxylic acids is 1. The molecule has 0 saturated heterocycles. The van der Waals surface area contributed by atoms with Crippen molar-refractivity contribution in [3.05, 3.63) is 5.01 Å². The highest BCUT2D eigenvalue weighted by molar-refractivity contribution is 7.88. The van der Waals surface area contributed by atoms with E-state index in [4.69, 9.17) is 0 Å². The lowest BCUT2D eigenvalue weighted by Gasteiger charge is -2.55. The second-order valence-electron chi connectivity index (χ2n) is 8.18. The monoisotopic (exact) mass is 384 g/mol. The van der Waals surface area contributed by atoms with Gasteiger partial charge in [0.25, 0.3) is 0 Å². The van der Waals surface area contributed by atoms with Gasteiger partial charge in [0.05, 0.1) is 12.8 Å². The molecule has 0 unspecified atom stereocenters. The van der Waals surface area contributed by atoms with Gasteiger partial charge in [0.15, 0.2) is 0 Å². The smallest absolute Gasteiger partial charge is 0.241 e. The molecule has 0 aromatic carbocycles. The van der Waals surface area contributed by atoms with E-state index >= 15 is 0 Å². The topological polar surface area (TPSA) is 92.3 Å². The molecule has 0 radical (unpaired) electrons. The van der Waals surface area contributed by atoms with Crippen molar-refractivity contribution >= 4 is 32.4 Å². The van der Waals surface area contributed by atoms with E-state index in [2.05, 4.69) is 15.5 Å². The van der Waals surface area contributed by atoms with E-state index in [1.807, 2.05) is 0 Å². The van der Waals surface area contributed by atoms with Crippen LogP contribution >= 0.6 is 11.3 Å². The number of likely N-dealkylation sites (N-methyl/N-ethyl adjacent to an activating group) is 1. The van der Waals surface area contributed by atoms with E-state index in [1.54, 1.807) is 0 Å². The highest BCUT2D eigenvalue weighted by Gasteiger charge is 2.53. The van der Waals surface area contributed by atoms with Gasteiger partial charge in [-0.1, -0.05) is 11.3 Å². The first-order valence-corrected chi connectivity index (χ1v) is 11.5. The quantitative estimate of drug-likeness (QED) is 0.836. The van der Waals surface area contributed by atoms with E-state index in [1.165, 1.54) is 56.9 Å². The zero-order valence-electron chi connectivity index (χ0n) is 14.6. The first-order chi connectivity index (χ1) is 11.7. The minimum Gasteiger partial charge on any atom is -0.299 e. The summed E-state index contributed by atoms with van der Waals surface area (Å²) in [6.45, 7) is -0.217. The number of anilines is 1. The zero-order chi connectivity index (χ0) is 17.8. The molecule has 5 rings (SSSR count). The van der Waals surface area contributed by atoms with Gasteiger partial charge in [0.1, 0.15) is 5.01 Å². The lowest BCUT2D eigenvalue weighted by atomic mass is 9.50. The predicted octanol–water partition coefficient (Wildman–Crippen LogP) is 1.84. The van der Waals surface area contributed by atoms with Crippen LogP contribution in [-0.4, -0.2) is 48.7 Å². The number of carbonyl (C=O) groups is 1. The van der Waals surface area contributed by atoms with Gasteiger partial charge in [0, 0.05) is 12.5 Å². The standard InChI is InChI=1S/C16H24N4O3S2/c1-20(25(2,22)23)9-13(21)17-15-19-18-14(24-15)16-6-10-3-11(7-16)5-12(4-10)8-16/h10-12H,3-9H2,1-2H3,(H,17,19,21). The van der Waals surface area contributed by atoms with Gasteiger partial charge in [-0.25, -0.2) is 8.42 Å². The van der Waals surface area contributed by atoms with Crippen LogP contribution < -0.4 is 5.32 Å². The Kier molecular flexibility index (Phi) is 4.16. The van der Waals surface area contributed by atoms with Crippen LogP contribution in [0.3, 0.4) is 0 Å². The number of amides is 1. The van der Waals surface area contributed by atoms with Crippen molar-refractivity contribution < 1.29 is 13.2 Å². The highest BCUT2D eigenvalue weighted by Crippen LogP contribution is 2.61. The fraction of sp³-hybridized carbons (Fsp3) is 0.812. The largest absolute Gasteiger partial charge is 0.299 e. The first kappa shape index (κ1) is 17.4. The predicted molar refractivity (Wildman–Crippen MR) is 95.9 cm³/mol. The molecule has 0 spiro atoms. The minimum absolute atomic E-state index is 0.166. The molecular formula is C16H24N4O3S2. The Hall–Kier alpha value is -1.06. The number of aromatic nitrogens is 2. The Labute approximate surface area is 152 Å². The summed E-state index contributed by atoms with van der Waals surface area (Å²) in [5, 5.41) is 12.8. The summed E-state index contributed by atoms with van der Waals surface area (Å²) in [5.41, 5.74) is 0.166. The molecule has 4 aliphatic carbocycles. The first-order valence-electron chi connectivity index (χ1n) is 8.79. The third kappa shape index (κ3) is 3.33. The van der Waals surface area contributed by atoms with Crippen LogP contribution in [0.1, 0.15) is 43.5 Å². The van der Waals surface area contributed by atoms with Gasteiger partial charge >= 0.3 is 0 Å². The van der Waals surface area contributed by atoms with Crippen molar-refractivity contribution in [2.24, 2.45) is 17.8 Å². The zero-order valence-corrected chi connectivity index (χ0v) is 16.2. The Bertz CT molecular complexity index is 754. The van der Waals surface area contributed by atoms with Crippen molar-refractivity contribution in [2.75, 3.05) is 25.2 Å². The number of hydrogen-bond donors (Lipinski definition) is 1.